The van der Waals surface area contributed by atoms with Crippen LogP contribution in [0.1, 0.15) is 49.8 Å². The lowest BCUT2D eigenvalue weighted by Crippen LogP contribution is -2.55. The molecule has 22 heavy (non-hydrogen) atoms. The molecule has 3 rings (SSSR count). The number of hydrogen-bond donors (Lipinski definition) is 1. The number of nitrogens with zero attached hydrogens (tertiary/aromatic N) is 2. The first kappa shape index (κ1) is 16.4. The van der Waals surface area contributed by atoms with Crippen LogP contribution in [0.4, 0.5) is 0 Å². The van der Waals surface area contributed by atoms with Crippen LogP contribution in [-0.4, -0.2) is 53.2 Å². The Morgan fingerprint density at radius 2 is 1.95 bits per heavy atom. The van der Waals surface area contributed by atoms with Gasteiger partial charge >= 0.3 is 0 Å². The highest BCUT2D eigenvalue weighted by Crippen LogP contribution is 2.26. The summed E-state index contributed by atoms with van der Waals surface area (Å²) in [6.07, 6.45) is 9.35. The van der Waals surface area contributed by atoms with Crippen molar-refractivity contribution in [2.45, 2.75) is 63.6 Å². The van der Waals surface area contributed by atoms with E-state index in [1.54, 1.807) is 0 Å². The van der Waals surface area contributed by atoms with Crippen molar-refractivity contribution in [3.63, 3.8) is 0 Å². The van der Waals surface area contributed by atoms with Crippen molar-refractivity contribution in [1.29, 1.82) is 0 Å². The SMILES string of the molecule is OCCC1CN(C2CCCCCC2)CCN1Cc1cccs1. The lowest BCUT2D eigenvalue weighted by molar-refractivity contribution is 0.0281. The van der Waals surface area contributed by atoms with E-state index in [1.807, 2.05) is 11.3 Å². The Balaban J connectivity index is 1.59. The molecule has 1 atom stereocenters. The van der Waals surface area contributed by atoms with Gasteiger partial charge in [-0.05, 0) is 30.7 Å². The average Bonchev–Trinajstić information content (AvgIpc) is 2.89. The highest BCUT2D eigenvalue weighted by atomic mass is 32.1. The maximum atomic E-state index is 9.46. The number of aliphatic hydroxyl groups excluding tert-OH is 1. The number of hydrogen-bond acceptors (Lipinski definition) is 4. The zero-order valence-corrected chi connectivity index (χ0v) is 14.4. The normalized spacial score (nSPS) is 26.1. The predicted molar refractivity (Wildman–Crippen MR) is 93.3 cm³/mol. The summed E-state index contributed by atoms with van der Waals surface area (Å²) in [4.78, 5) is 6.78. The van der Waals surface area contributed by atoms with Crippen LogP contribution in [0.3, 0.4) is 0 Å². The Labute approximate surface area is 138 Å². The Morgan fingerprint density at radius 1 is 1.14 bits per heavy atom. The Kier molecular flexibility index (Phi) is 6.30. The second-order valence-corrected chi connectivity index (χ2v) is 7.89. The van der Waals surface area contributed by atoms with Crippen molar-refractivity contribution in [3.8, 4) is 0 Å². The molecule has 1 unspecified atom stereocenters. The Bertz CT molecular complexity index is 415. The van der Waals surface area contributed by atoms with E-state index in [9.17, 15) is 5.11 Å². The smallest absolute Gasteiger partial charge is 0.0446 e. The van der Waals surface area contributed by atoms with E-state index in [-0.39, 0.29) is 0 Å². The minimum atomic E-state index is 0.310. The fourth-order valence-corrected chi connectivity index (χ4v) is 4.83. The molecule has 2 heterocycles. The van der Waals surface area contributed by atoms with Gasteiger partial charge in [-0.2, -0.15) is 0 Å². The molecule has 1 aromatic rings. The van der Waals surface area contributed by atoms with Crippen LogP contribution < -0.4 is 0 Å². The van der Waals surface area contributed by atoms with Gasteiger partial charge in [0.25, 0.3) is 0 Å². The molecule has 1 aromatic heterocycles. The van der Waals surface area contributed by atoms with Crippen LogP contribution in [0.25, 0.3) is 0 Å². The molecule has 124 valence electrons. The summed E-state index contributed by atoms with van der Waals surface area (Å²) >= 11 is 1.85. The van der Waals surface area contributed by atoms with Crippen LogP contribution in [0, 0.1) is 0 Å². The van der Waals surface area contributed by atoms with Crippen molar-refractivity contribution in [1.82, 2.24) is 9.80 Å². The molecule has 2 fully saturated rings. The van der Waals surface area contributed by atoms with Gasteiger partial charge in [0.05, 0.1) is 0 Å². The van der Waals surface area contributed by atoms with Gasteiger partial charge in [-0.25, -0.2) is 0 Å². The molecule has 0 radical (unpaired) electrons. The summed E-state index contributed by atoms with van der Waals surface area (Å²) in [6.45, 7) is 4.87. The number of aliphatic hydroxyl groups is 1. The van der Waals surface area contributed by atoms with Crippen LogP contribution in [-0.2, 0) is 6.54 Å². The molecule has 3 nitrogen and oxygen atoms in total. The molecule has 2 aliphatic rings. The zero-order chi connectivity index (χ0) is 15.2. The van der Waals surface area contributed by atoms with Gasteiger partial charge in [0.15, 0.2) is 0 Å². The molecular formula is C18H30N2OS. The number of thiophene rings is 1. The van der Waals surface area contributed by atoms with Crippen LogP contribution >= 0.6 is 11.3 Å². The molecule has 0 amide bonds. The lowest BCUT2D eigenvalue weighted by Gasteiger charge is -2.44. The molecule has 1 aliphatic carbocycles. The first-order valence-corrected chi connectivity index (χ1v) is 9.86. The second kappa shape index (κ2) is 8.44. The average molecular weight is 323 g/mol. The summed E-state index contributed by atoms with van der Waals surface area (Å²) in [6, 6.07) is 5.69. The van der Waals surface area contributed by atoms with Gasteiger partial charge in [-0.1, -0.05) is 31.7 Å². The van der Waals surface area contributed by atoms with E-state index in [0.29, 0.717) is 12.6 Å². The summed E-state index contributed by atoms with van der Waals surface area (Å²) in [5.41, 5.74) is 0. The number of piperazine rings is 1. The molecule has 1 saturated carbocycles. The lowest BCUT2D eigenvalue weighted by atomic mass is 10.0. The first-order valence-electron chi connectivity index (χ1n) is 8.98. The predicted octanol–water partition coefficient (Wildman–Crippen LogP) is 3.34. The van der Waals surface area contributed by atoms with Crippen LogP contribution in [0.15, 0.2) is 17.5 Å². The molecule has 1 saturated heterocycles. The van der Waals surface area contributed by atoms with E-state index in [1.165, 1.54) is 49.9 Å². The third kappa shape index (κ3) is 4.31. The third-order valence-electron chi connectivity index (χ3n) is 5.38. The zero-order valence-electron chi connectivity index (χ0n) is 13.6. The van der Waals surface area contributed by atoms with E-state index in [2.05, 4.69) is 27.3 Å². The molecule has 1 aliphatic heterocycles. The monoisotopic (exact) mass is 322 g/mol. The summed E-state index contributed by atoms with van der Waals surface area (Å²) in [5.74, 6) is 0. The summed E-state index contributed by atoms with van der Waals surface area (Å²) < 4.78 is 0. The highest BCUT2D eigenvalue weighted by Gasteiger charge is 2.30. The second-order valence-electron chi connectivity index (χ2n) is 6.86. The topological polar surface area (TPSA) is 26.7 Å². The fourth-order valence-electron chi connectivity index (χ4n) is 4.11. The largest absolute Gasteiger partial charge is 0.396 e. The van der Waals surface area contributed by atoms with Crippen molar-refractivity contribution in [2.24, 2.45) is 0 Å². The van der Waals surface area contributed by atoms with E-state index >= 15 is 0 Å². The van der Waals surface area contributed by atoms with Gasteiger partial charge in [0.1, 0.15) is 0 Å². The van der Waals surface area contributed by atoms with Crippen LogP contribution in [0.2, 0.25) is 0 Å². The summed E-state index contributed by atoms with van der Waals surface area (Å²) in [7, 11) is 0. The Hall–Kier alpha value is -0.420. The van der Waals surface area contributed by atoms with Crippen molar-refractivity contribution < 1.29 is 5.11 Å². The maximum absolute atomic E-state index is 9.46. The van der Waals surface area contributed by atoms with Crippen molar-refractivity contribution >= 4 is 11.3 Å². The molecule has 0 spiro atoms. The third-order valence-corrected chi connectivity index (χ3v) is 6.24. The first-order chi connectivity index (χ1) is 10.9. The van der Waals surface area contributed by atoms with Gasteiger partial charge in [-0.3, -0.25) is 9.80 Å². The Morgan fingerprint density at radius 3 is 2.64 bits per heavy atom. The molecule has 4 heteroatoms. The van der Waals surface area contributed by atoms with Gasteiger partial charge in [-0.15, -0.1) is 11.3 Å². The van der Waals surface area contributed by atoms with Crippen LogP contribution in [0.5, 0.6) is 0 Å². The quantitative estimate of drug-likeness (QED) is 0.842. The fraction of sp³-hybridized carbons (Fsp3) is 0.778. The molecule has 1 N–H and O–H groups in total. The minimum absolute atomic E-state index is 0.310. The number of rotatable bonds is 5. The van der Waals surface area contributed by atoms with E-state index in [0.717, 1.165) is 32.1 Å². The maximum Gasteiger partial charge on any atom is 0.0446 e. The minimum Gasteiger partial charge on any atom is -0.396 e. The molecule has 0 aromatic carbocycles. The van der Waals surface area contributed by atoms with Gasteiger partial charge in [0.2, 0.25) is 0 Å². The van der Waals surface area contributed by atoms with E-state index in [4.69, 9.17) is 0 Å². The van der Waals surface area contributed by atoms with Gasteiger partial charge < -0.3 is 5.11 Å². The van der Waals surface area contributed by atoms with Crippen molar-refractivity contribution in [3.05, 3.63) is 22.4 Å². The van der Waals surface area contributed by atoms with E-state index < -0.39 is 0 Å². The van der Waals surface area contributed by atoms with Crippen molar-refractivity contribution in [2.75, 3.05) is 26.2 Å². The van der Waals surface area contributed by atoms with Gasteiger partial charge in [0, 0.05) is 49.7 Å². The highest BCUT2D eigenvalue weighted by molar-refractivity contribution is 7.09. The molecule has 0 bridgehead atoms. The summed E-state index contributed by atoms with van der Waals surface area (Å²) in [5, 5.41) is 11.6. The standard InChI is InChI=1S/C18H30N2OS/c21-12-9-17-14-19(16-6-3-1-2-4-7-16)10-11-20(17)15-18-8-5-13-22-18/h5,8,13,16-17,21H,1-4,6-7,9-12,14-15H2. The molecular weight excluding hydrogens is 292 g/mol.